The van der Waals surface area contributed by atoms with Crippen LogP contribution < -0.4 is 10.5 Å². The van der Waals surface area contributed by atoms with E-state index in [1.54, 1.807) is 12.4 Å². The van der Waals surface area contributed by atoms with Gasteiger partial charge in [-0.05, 0) is 24.6 Å². The third kappa shape index (κ3) is 2.11. The lowest BCUT2D eigenvalue weighted by Gasteiger charge is -2.13. The summed E-state index contributed by atoms with van der Waals surface area (Å²) in [4.78, 5) is 4.08. The Balaban J connectivity index is 1.81. The highest BCUT2D eigenvalue weighted by Gasteiger charge is 2.17. The van der Waals surface area contributed by atoms with E-state index < -0.39 is 0 Å². The van der Waals surface area contributed by atoms with Crippen LogP contribution in [0.15, 0.2) is 30.6 Å². The third-order valence-electron chi connectivity index (χ3n) is 3.32. The molecule has 1 fully saturated rings. The molecule has 4 heteroatoms. The van der Waals surface area contributed by atoms with Crippen LogP contribution in [0.1, 0.15) is 6.42 Å². The van der Waals surface area contributed by atoms with Gasteiger partial charge in [-0.15, -0.1) is 0 Å². The number of hydrogen-bond acceptors (Lipinski definition) is 4. The number of ether oxygens (including phenoxy) is 2. The van der Waals surface area contributed by atoms with Crippen LogP contribution in [0.4, 0.5) is 5.69 Å². The molecule has 94 valence electrons. The maximum absolute atomic E-state index is 6.12. The highest BCUT2D eigenvalue weighted by atomic mass is 16.5. The van der Waals surface area contributed by atoms with E-state index in [9.17, 15) is 0 Å². The number of fused-ring (bicyclic) bond motifs is 1. The number of benzene rings is 1. The Hall–Kier alpha value is -1.81. The topological polar surface area (TPSA) is 57.4 Å². The summed E-state index contributed by atoms with van der Waals surface area (Å²) in [6, 6.07) is 5.81. The van der Waals surface area contributed by atoms with Crippen LogP contribution >= 0.6 is 0 Å². The Labute approximate surface area is 106 Å². The van der Waals surface area contributed by atoms with Crippen molar-refractivity contribution in [2.24, 2.45) is 5.92 Å². The Morgan fingerprint density at radius 1 is 1.39 bits per heavy atom. The summed E-state index contributed by atoms with van der Waals surface area (Å²) in [5, 5.41) is 2.02. The molecule has 1 aromatic heterocycles. The fraction of sp³-hybridized carbons (Fsp3) is 0.357. The van der Waals surface area contributed by atoms with Gasteiger partial charge in [0.1, 0.15) is 5.75 Å². The van der Waals surface area contributed by atoms with Gasteiger partial charge in [0.25, 0.3) is 0 Å². The van der Waals surface area contributed by atoms with Gasteiger partial charge in [-0.25, -0.2) is 0 Å². The molecule has 0 aliphatic carbocycles. The predicted octanol–water partition coefficient (Wildman–Crippen LogP) is 2.23. The predicted molar refractivity (Wildman–Crippen MR) is 70.6 cm³/mol. The molecule has 1 unspecified atom stereocenters. The van der Waals surface area contributed by atoms with Crippen molar-refractivity contribution >= 4 is 16.5 Å². The van der Waals surface area contributed by atoms with Crippen molar-refractivity contribution in [3.05, 3.63) is 30.6 Å². The first kappa shape index (κ1) is 11.3. The molecule has 18 heavy (non-hydrogen) atoms. The Morgan fingerprint density at radius 2 is 2.33 bits per heavy atom. The van der Waals surface area contributed by atoms with E-state index in [2.05, 4.69) is 4.98 Å². The zero-order chi connectivity index (χ0) is 12.4. The first-order valence-electron chi connectivity index (χ1n) is 6.17. The van der Waals surface area contributed by atoms with Crippen LogP contribution in [0.5, 0.6) is 5.75 Å². The highest BCUT2D eigenvalue weighted by Crippen LogP contribution is 2.30. The van der Waals surface area contributed by atoms with E-state index in [0.29, 0.717) is 18.2 Å². The van der Waals surface area contributed by atoms with E-state index in [1.165, 1.54) is 0 Å². The number of nitrogens with zero attached hydrogens (tertiary/aromatic N) is 1. The summed E-state index contributed by atoms with van der Waals surface area (Å²) in [5.41, 5.74) is 6.81. The van der Waals surface area contributed by atoms with Crippen molar-refractivity contribution in [1.29, 1.82) is 0 Å². The van der Waals surface area contributed by atoms with E-state index in [4.69, 9.17) is 15.2 Å². The van der Waals surface area contributed by atoms with Gasteiger partial charge in [-0.2, -0.15) is 0 Å². The zero-order valence-corrected chi connectivity index (χ0v) is 10.1. The molecule has 1 saturated heterocycles. The van der Waals surface area contributed by atoms with Gasteiger partial charge in [0.15, 0.2) is 0 Å². The number of aromatic nitrogens is 1. The molecule has 2 aromatic rings. The van der Waals surface area contributed by atoms with Gasteiger partial charge in [0.05, 0.1) is 18.9 Å². The Morgan fingerprint density at radius 3 is 3.17 bits per heavy atom. The highest BCUT2D eigenvalue weighted by molar-refractivity contribution is 5.95. The molecule has 1 aliphatic heterocycles. The molecule has 0 saturated carbocycles. The van der Waals surface area contributed by atoms with Gasteiger partial charge in [-0.1, -0.05) is 0 Å². The van der Waals surface area contributed by atoms with Crippen molar-refractivity contribution in [3.63, 3.8) is 0 Å². The van der Waals surface area contributed by atoms with Gasteiger partial charge >= 0.3 is 0 Å². The summed E-state index contributed by atoms with van der Waals surface area (Å²) >= 11 is 0. The van der Waals surface area contributed by atoms with Crippen molar-refractivity contribution < 1.29 is 9.47 Å². The molecule has 0 radical (unpaired) electrons. The molecule has 1 atom stereocenters. The monoisotopic (exact) mass is 244 g/mol. The fourth-order valence-corrected chi connectivity index (χ4v) is 2.22. The van der Waals surface area contributed by atoms with E-state index in [0.717, 1.165) is 36.2 Å². The molecule has 4 nitrogen and oxygen atoms in total. The molecule has 0 spiro atoms. The van der Waals surface area contributed by atoms with Crippen LogP contribution in [0.25, 0.3) is 10.8 Å². The largest absolute Gasteiger partial charge is 0.491 e. The van der Waals surface area contributed by atoms with Gasteiger partial charge < -0.3 is 15.2 Å². The van der Waals surface area contributed by atoms with E-state index >= 15 is 0 Å². The molecule has 3 rings (SSSR count). The fourth-order valence-electron chi connectivity index (χ4n) is 2.22. The summed E-state index contributed by atoms with van der Waals surface area (Å²) in [5.74, 6) is 1.23. The maximum atomic E-state index is 6.12. The van der Waals surface area contributed by atoms with Crippen LogP contribution in [0.3, 0.4) is 0 Å². The van der Waals surface area contributed by atoms with Crippen molar-refractivity contribution in [3.8, 4) is 5.75 Å². The number of anilines is 1. The normalized spacial score (nSPS) is 19.2. The van der Waals surface area contributed by atoms with Crippen LogP contribution in [-0.4, -0.2) is 24.8 Å². The smallest absolute Gasteiger partial charge is 0.142 e. The standard InChI is InChI=1S/C14H16N2O2/c15-14-12-3-5-16-7-11(12)1-2-13(14)18-9-10-4-6-17-8-10/h1-3,5,7,10H,4,6,8-9,15H2. The minimum Gasteiger partial charge on any atom is -0.491 e. The molecule has 1 aliphatic rings. The second-order valence-corrected chi connectivity index (χ2v) is 4.61. The SMILES string of the molecule is Nc1c(OCC2CCOC2)ccc2cnccc12. The Kier molecular flexibility index (Phi) is 3.02. The summed E-state index contributed by atoms with van der Waals surface area (Å²) in [6.07, 6.45) is 4.62. The quantitative estimate of drug-likeness (QED) is 0.841. The third-order valence-corrected chi connectivity index (χ3v) is 3.32. The van der Waals surface area contributed by atoms with Crippen molar-refractivity contribution in [1.82, 2.24) is 4.98 Å². The lowest BCUT2D eigenvalue weighted by Crippen LogP contribution is -2.12. The summed E-state index contributed by atoms with van der Waals surface area (Å²) < 4.78 is 11.1. The second kappa shape index (κ2) is 4.82. The maximum Gasteiger partial charge on any atom is 0.142 e. The lowest BCUT2D eigenvalue weighted by atomic mass is 10.1. The number of pyridine rings is 1. The van der Waals surface area contributed by atoms with E-state index in [1.807, 2.05) is 18.2 Å². The average molecular weight is 244 g/mol. The molecule has 0 bridgehead atoms. The second-order valence-electron chi connectivity index (χ2n) is 4.61. The molecular formula is C14H16N2O2. The first-order valence-corrected chi connectivity index (χ1v) is 6.17. The summed E-state index contributed by atoms with van der Waals surface area (Å²) in [6.45, 7) is 2.30. The van der Waals surface area contributed by atoms with Crippen LogP contribution in [0.2, 0.25) is 0 Å². The van der Waals surface area contributed by atoms with E-state index in [-0.39, 0.29) is 0 Å². The molecular weight excluding hydrogens is 228 g/mol. The first-order chi connectivity index (χ1) is 8.84. The van der Waals surface area contributed by atoms with Gasteiger partial charge in [0.2, 0.25) is 0 Å². The van der Waals surface area contributed by atoms with Crippen molar-refractivity contribution in [2.45, 2.75) is 6.42 Å². The molecule has 1 aromatic carbocycles. The minimum absolute atomic E-state index is 0.484. The average Bonchev–Trinajstić information content (AvgIpc) is 2.91. The molecule has 2 N–H and O–H groups in total. The number of nitrogen functional groups attached to an aromatic ring is 1. The molecule has 0 amide bonds. The van der Waals surface area contributed by atoms with Crippen LogP contribution in [-0.2, 0) is 4.74 Å². The van der Waals surface area contributed by atoms with Gasteiger partial charge in [0, 0.05) is 35.7 Å². The van der Waals surface area contributed by atoms with Crippen LogP contribution in [0, 0.1) is 5.92 Å². The zero-order valence-electron chi connectivity index (χ0n) is 10.1. The number of nitrogens with two attached hydrogens (primary N) is 1. The molecule has 2 heterocycles. The number of rotatable bonds is 3. The summed E-state index contributed by atoms with van der Waals surface area (Å²) in [7, 11) is 0. The van der Waals surface area contributed by atoms with Gasteiger partial charge in [-0.3, -0.25) is 4.98 Å². The lowest BCUT2D eigenvalue weighted by molar-refractivity contribution is 0.167. The minimum atomic E-state index is 0.484. The number of hydrogen-bond donors (Lipinski definition) is 1. The Bertz CT molecular complexity index is 550. The van der Waals surface area contributed by atoms with Crippen molar-refractivity contribution in [2.75, 3.05) is 25.6 Å².